The number of aliphatic carboxylic acids is 1. The average Bonchev–Trinajstić information content (AvgIpc) is 2.81. The third kappa shape index (κ3) is 3.27. The summed E-state index contributed by atoms with van der Waals surface area (Å²) in [7, 11) is 0. The molecule has 2 atom stereocenters. The lowest BCUT2D eigenvalue weighted by Crippen LogP contribution is -2.41. The van der Waals surface area contributed by atoms with E-state index in [9.17, 15) is 9.59 Å². The Labute approximate surface area is 116 Å². The number of hydrogen-bond acceptors (Lipinski definition) is 4. The minimum Gasteiger partial charge on any atom is -0.480 e. The number of carbonyl (C=O) groups excluding carboxylic acids is 1. The molecule has 1 heterocycles. The van der Waals surface area contributed by atoms with Gasteiger partial charge in [-0.15, -0.1) is 0 Å². The van der Waals surface area contributed by atoms with Crippen LogP contribution in [0.2, 0.25) is 0 Å². The summed E-state index contributed by atoms with van der Waals surface area (Å²) in [6.45, 7) is 0.398. The van der Waals surface area contributed by atoms with Gasteiger partial charge in [-0.3, -0.25) is 4.79 Å². The van der Waals surface area contributed by atoms with Crippen LogP contribution in [0.1, 0.15) is 24.3 Å². The average molecular weight is 278 g/mol. The van der Waals surface area contributed by atoms with E-state index < -0.39 is 12.0 Å². The number of carboxylic acids is 1. The van der Waals surface area contributed by atoms with Crippen LogP contribution in [0, 0.1) is 0 Å². The van der Waals surface area contributed by atoms with Gasteiger partial charge >= 0.3 is 5.97 Å². The van der Waals surface area contributed by atoms with Crippen LogP contribution in [-0.4, -0.2) is 41.3 Å². The lowest BCUT2D eigenvalue weighted by molar-refractivity contribution is -0.142. The maximum atomic E-state index is 11.9. The Morgan fingerprint density at radius 1 is 1.40 bits per heavy atom. The lowest BCUT2D eigenvalue weighted by Gasteiger charge is -2.15. The molecule has 1 aliphatic rings. The van der Waals surface area contributed by atoms with Gasteiger partial charge in [0.2, 0.25) is 5.91 Å². The van der Waals surface area contributed by atoms with E-state index in [4.69, 9.17) is 10.2 Å². The Kier molecular flexibility index (Phi) is 4.57. The highest BCUT2D eigenvalue weighted by molar-refractivity contribution is 5.84. The van der Waals surface area contributed by atoms with Gasteiger partial charge in [0.25, 0.3) is 0 Å². The highest BCUT2D eigenvalue weighted by Gasteiger charge is 2.26. The van der Waals surface area contributed by atoms with E-state index in [1.807, 2.05) is 24.3 Å². The number of carboxylic acid groups (broad SMARTS) is 1. The summed E-state index contributed by atoms with van der Waals surface area (Å²) >= 11 is 0. The molecule has 0 spiro atoms. The van der Waals surface area contributed by atoms with Crippen molar-refractivity contribution >= 4 is 17.6 Å². The van der Waals surface area contributed by atoms with Crippen LogP contribution in [-0.2, 0) is 9.59 Å². The third-order valence-corrected chi connectivity index (χ3v) is 3.42. The standard InChI is InChI=1S/C14H18N2O4/c17-6-5-12(14(19)20)16-13(18)7-9-8-15-11-4-2-1-3-10(9)11/h1-4,9,12,15,17H,5-8H2,(H,16,18)(H,19,20)/t9?,12-/m0/s1. The number of nitrogens with one attached hydrogen (secondary N) is 2. The SMILES string of the molecule is O=C(CC1CNc2ccccc21)N[C@@H](CCO)C(=O)O. The van der Waals surface area contributed by atoms with E-state index in [0.29, 0.717) is 6.54 Å². The second-order valence-corrected chi connectivity index (χ2v) is 4.84. The molecule has 4 N–H and O–H groups in total. The lowest BCUT2D eigenvalue weighted by atomic mass is 9.97. The molecule has 1 aromatic carbocycles. The zero-order valence-electron chi connectivity index (χ0n) is 11.0. The molecular formula is C14H18N2O4. The molecule has 108 valence electrons. The van der Waals surface area contributed by atoms with Crippen molar-refractivity contribution in [1.82, 2.24) is 5.32 Å². The molecular weight excluding hydrogens is 260 g/mol. The number of para-hydroxylation sites is 1. The Morgan fingerprint density at radius 3 is 2.85 bits per heavy atom. The number of aliphatic hydroxyl groups is 1. The summed E-state index contributed by atoms with van der Waals surface area (Å²) in [5.41, 5.74) is 2.10. The van der Waals surface area contributed by atoms with Gasteiger partial charge in [-0.05, 0) is 11.6 Å². The van der Waals surface area contributed by atoms with Gasteiger partial charge in [0.1, 0.15) is 6.04 Å². The van der Waals surface area contributed by atoms with Crippen molar-refractivity contribution in [1.29, 1.82) is 0 Å². The number of amides is 1. The predicted octanol–water partition coefficient (Wildman–Crippen LogP) is 0.538. The maximum Gasteiger partial charge on any atom is 0.326 e. The van der Waals surface area contributed by atoms with Crippen LogP contribution in [0.5, 0.6) is 0 Å². The topological polar surface area (TPSA) is 98.7 Å². The minimum absolute atomic E-state index is 0.0145. The van der Waals surface area contributed by atoms with Crippen molar-refractivity contribution < 1.29 is 19.8 Å². The summed E-state index contributed by atoms with van der Waals surface area (Å²) in [5.74, 6) is -1.39. The van der Waals surface area contributed by atoms with Crippen molar-refractivity contribution in [2.45, 2.75) is 24.8 Å². The predicted molar refractivity (Wildman–Crippen MR) is 73.6 cm³/mol. The Morgan fingerprint density at radius 2 is 2.15 bits per heavy atom. The van der Waals surface area contributed by atoms with Crippen molar-refractivity contribution in [2.75, 3.05) is 18.5 Å². The smallest absolute Gasteiger partial charge is 0.326 e. The molecule has 0 radical (unpaired) electrons. The maximum absolute atomic E-state index is 11.9. The second kappa shape index (κ2) is 6.38. The van der Waals surface area contributed by atoms with Gasteiger partial charge in [-0.2, -0.15) is 0 Å². The summed E-state index contributed by atoms with van der Waals surface area (Å²) in [6, 6.07) is 6.74. The summed E-state index contributed by atoms with van der Waals surface area (Å²) in [6.07, 6.45) is 0.250. The number of rotatable bonds is 6. The van der Waals surface area contributed by atoms with Gasteiger partial charge in [0.15, 0.2) is 0 Å². The summed E-state index contributed by atoms with van der Waals surface area (Å²) in [5, 5.41) is 23.4. The number of fused-ring (bicyclic) bond motifs is 1. The first-order chi connectivity index (χ1) is 9.61. The molecule has 1 aromatic rings. The van der Waals surface area contributed by atoms with E-state index in [1.54, 1.807) is 0 Å². The Balaban J connectivity index is 1.94. The van der Waals surface area contributed by atoms with E-state index in [0.717, 1.165) is 11.3 Å². The zero-order chi connectivity index (χ0) is 14.5. The quantitative estimate of drug-likeness (QED) is 0.608. The molecule has 1 unspecified atom stereocenters. The van der Waals surface area contributed by atoms with Crippen LogP contribution in [0.4, 0.5) is 5.69 Å². The van der Waals surface area contributed by atoms with E-state index in [1.165, 1.54) is 0 Å². The summed E-state index contributed by atoms with van der Waals surface area (Å²) < 4.78 is 0. The molecule has 0 fully saturated rings. The highest BCUT2D eigenvalue weighted by atomic mass is 16.4. The fourth-order valence-electron chi connectivity index (χ4n) is 2.40. The molecule has 6 heteroatoms. The first-order valence-corrected chi connectivity index (χ1v) is 6.57. The number of benzene rings is 1. The van der Waals surface area contributed by atoms with Gasteiger partial charge in [0, 0.05) is 37.6 Å². The molecule has 0 aromatic heterocycles. The van der Waals surface area contributed by atoms with Gasteiger partial charge < -0.3 is 20.8 Å². The fourth-order valence-corrected chi connectivity index (χ4v) is 2.40. The normalized spacial score (nSPS) is 17.9. The first kappa shape index (κ1) is 14.3. The van der Waals surface area contributed by atoms with E-state index in [-0.39, 0.29) is 31.3 Å². The van der Waals surface area contributed by atoms with E-state index in [2.05, 4.69) is 10.6 Å². The molecule has 20 heavy (non-hydrogen) atoms. The Hall–Kier alpha value is -2.08. The fraction of sp³-hybridized carbons (Fsp3) is 0.429. The van der Waals surface area contributed by atoms with Crippen LogP contribution in [0.25, 0.3) is 0 Å². The molecule has 0 saturated carbocycles. The molecule has 1 aliphatic heterocycles. The molecule has 6 nitrogen and oxygen atoms in total. The number of aliphatic hydroxyl groups excluding tert-OH is 1. The monoisotopic (exact) mass is 278 g/mol. The summed E-state index contributed by atoms with van der Waals surface area (Å²) in [4.78, 5) is 22.8. The minimum atomic E-state index is -1.13. The van der Waals surface area contributed by atoms with Crippen LogP contribution >= 0.6 is 0 Å². The van der Waals surface area contributed by atoms with Crippen molar-refractivity contribution in [3.63, 3.8) is 0 Å². The van der Waals surface area contributed by atoms with Crippen molar-refractivity contribution in [3.05, 3.63) is 29.8 Å². The zero-order valence-corrected chi connectivity index (χ0v) is 11.0. The van der Waals surface area contributed by atoms with Crippen LogP contribution < -0.4 is 10.6 Å². The van der Waals surface area contributed by atoms with Gasteiger partial charge in [-0.25, -0.2) is 4.79 Å². The molecule has 0 bridgehead atoms. The van der Waals surface area contributed by atoms with Crippen molar-refractivity contribution in [3.8, 4) is 0 Å². The Bertz CT molecular complexity index is 504. The number of hydrogen-bond donors (Lipinski definition) is 4. The molecule has 0 aliphatic carbocycles. The molecule has 0 saturated heterocycles. The van der Waals surface area contributed by atoms with Gasteiger partial charge in [0.05, 0.1) is 0 Å². The highest BCUT2D eigenvalue weighted by Crippen LogP contribution is 2.32. The molecule has 2 rings (SSSR count). The van der Waals surface area contributed by atoms with Gasteiger partial charge in [-0.1, -0.05) is 18.2 Å². The third-order valence-electron chi connectivity index (χ3n) is 3.42. The van der Waals surface area contributed by atoms with Crippen molar-refractivity contribution in [2.24, 2.45) is 0 Å². The first-order valence-electron chi connectivity index (χ1n) is 6.57. The van der Waals surface area contributed by atoms with E-state index >= 15 is 0 Å². The van der Waals surface area contributed by atoms with Crippen LogP contribution in [0.15, 0.2) is 24.3 Å². The van der Waals surface area contributed by atoms with Crippen LogP contribution in [0.3, 0.4) is 0 Å². The largest absolute Gasteiger partial charge is 0.480 e. The number of anilines is 1. The number of carbonyl (C=O) groups is 2. The second-order valence-electron chi connectivity index (χ2n) is 4.84. The molecule has 1 amide bonds.